The van der Waals surface area contributed by atoms with Gasteiger partial charge < -0.3 is 14.6 Å². The second kappa shape index (κ2) is 6.61. The number of fused-ring (bicyclic) bond motifs is 1. The van der Waals surface area contributed by atoms with Crippen molar-refractivity contribution in [1.82, 2.24) is 9.97 Å². The smallest absolute Gasteiger partial charge is 0.415 e. The van der Waals surface area contributed by atoms with Crippen molar-refractivity contribution < 1.29 is 27.1 Å². The quantitative estimate of drug-likeness (QED) is 0.639. The molecule has 1 unspecified atom stereocenters. The van der Waals surface area contributed by atoms with Crippen LogP contribution >= 0.6 is 0 Å². The number of carbonyl (C=O) groups is 1. The number of carbonyl (C=O) groups excluding carboxylic acids is 1. The molecule has 1 aromatic heterocycles. The van der Waals surface area contributed by atoms with Crippen molar-refractivity contribution >= 4 is 28.5 Å². The molecule has 0 spiro atoms. The van der Waals surface area contributed by atoms with Gasteiger partial charge in [0.2, 0.25) is 0 Å². The molecule has 0 bridgehead atoms. The number of aromatic amines is 1. The van der Waals surface area contributed by atoms with Gasteiger partial charge in [0, 0.05) is 18.5 Å². The van der Waals surface area contributed by atoms with Crippen molar-refractivity contribution in [2.75, 3.05) is 29.5 Å². The molecule has 2 fully saturated rings. The molecular formula is C20H16F4N4O2. The molecule has 2 aliphatic rings. The van der Waals surface area contributed by atoms with Gasteiger partial charge in [-0.15, -0.1) is 0 Å². The molecule has 1 N–H and O–H groups in total. The van der Waals surface area contributed by atoms with E-state index in [9.17, 15) is 22.4 Å². The van der Waals surface area contributed by atoms with E-state index in [-0.39, 0.29) is 24.4 Å². The van der Waals surface area contributed by atoms with E-state index in [1.165, 1.54) is 23.4 Å². The summed E-state index contributed by atoms with van der Waals surface area (Å²) in [6, 6.07) is 6.68. The Balaban J connectivity index is 1.51. The van der Waals surface area contributed by atoms with Gasteiger partial charge in [-0.1, -0.05) is 6.07 Å². The number of ether oxygens (including phenoxy) is 1. The highest BCUT2D eigenvalue weighted by Gasteiger charge is 2.41. The lowest BCUT2D eigenvalue weighted by molar-refractivity contribution is 0.0257. The zero-order valence-electron chi connectivity index (χ0n) is 15.5. The van der Waals surface area contributed by atoms with Gasteiger partial charge in [0.05, 0.1) is 35.3 Å². The normalized spacial score (nSPS) is 20.9. The Morgan fingerprint density at radius 2 is 2.00 bits per heavy atom. The first-order chi connectivity index (χ1) is 14.3. The Hall–Kier alpha value is -3.30. The molecule has 2 aliphatic heterocycles. The fourth-order valence-corrected chi connectivity index (χ4v) is 4.01. The SMILES string of the molecule is O=C1OCC(c2ccc(N3CCC(F)(F)C3)c(F)c2F)N1c1ccc2nc[nH]c2c1. The van der Waals surface area contributed by atoms with Crippen molar-refractivity contribution in [2.45, 2.75) is 18.4 Å². The summed E-state index contributed by atoms with van der Waals surface area (Å²) in [5, 5.41) is 0. The van der Waals surface area contributed by atoms with E-state index < -0.39 is 42.7 Å². The van der Waals surface area contributed by atoms with Crippen LogP contribution < -0.4 is 9.80 Å². The third-order valence-electron chi connectivity index (χ3n) is 5.52. The molecule has 0 saturated carbocycles. The molecular weight excluding hydrogens is 404 g/mol. The Morgan fingerprint density at radius 3 is 2.77 bits per heavy atom. The van der Waals surface area contributed by atoms with Crippen LogP contribution in [0.15, 0.2) is 36.7 Å². The monoisotopic (exact) mass is 420 g/mol. The molecule has 2 aromatic carbocycles. The van der Waals surface area contributed by atoms with Crippen LogP contribution in [-0.2, 0) is 4.74 Å². The largest absolute Gasteiger partial charge is 0.447 e. The highest BCUT2D eigenvalue weighted by Crippen LogP contribution is 2.39. The lowest BCUT2D eigenvalue weighted by Crippen LogP contribution is -2.29. The zero-order chi connectivity index (χ0) is 21.0. The lowest BCUT2D eigenvalue weighted by atomic mass is 10.0. The summed E-state index contributed by atoms with van der Waals surface area (Å²) in [5.74, 6) is -5.33. The first-order valence-corrected chi connectivity index (χ1v) is 9.34. The van der Waals surface area contributed by atoms with E-state index in [1.807, 2.05) is 0 Å². The van der Waals surface area contributed by atoms with Crippen molar-refractivity contribution in [3.63, 3.8) is 0 Å². The molecule has 156 valence electrons. The number of cyclic esters (lactones) is 1. The molecule has 0 radical (unpaired) electrons. The number of alkyl halides is 2. The third-order valence-corrected chi connectivity index (χ3v) is 5.52. The topological polar surface area (TPSA) is 61.5 Å². The number of amides is 1. The van der Waals surface area contributed by atoms with Crippen molar-refractivity contribution in [3.8, 4) is 0 Å². The number of H-pyrrole nitrogens is 1. The van der Waals surface area contributed by atoms with Crippen molar-refractivity contribution in [3.05, 3.63) is 53.9 Å². The Kier molecular flexibility index (Phi) is 4.12. The van der Waals surface area contributed by atoms with E-state index in [2.05, 4.69) is 9.97 Å². The molecule has 2 saturated heterocycles. The van der Waals surface area contributed by atoms with Crippen LogP contribution in [0, 0.1) is 11.6 Å². The maximum Gasteiger partial charge on any atom is 0.415 e. The van der Waals surface area contributed by atoms with E-state index in [1.54, 1.807) is 18.2 Å². The molecule has 10 heteroatoms. The van der Waals surface area contributed by atoms with Crippen LogP contribution in [0.1, 0.15) is 18.0 Å². The number of halogens is 4. The summed E-state index contributed by atoms with van der Waals surface area (Å²) in [6.45, 7) is -0.897. The number of nitrogens with zero attached hydrogens (tertiary/aromatic N) is 3. The number of anilines is 2. The van der Waals surface area contributed by atoms with Crippen LogP contribution in [-0.4, -0.2) is 41.7 Å². The summed E-state index contributed by atoms with van der Waals surface area (Å²) in [4.78, 5) is 21.7. The predicted octanol–water partition coefficient (Wildman–Crippen LogP) is 4.38. The zero-order valence-corrected chi connectivity index (χ0v) is 15.5. The number of hydrogen-bond donors (Lipinski definition) is 1. The number of imidazole rings is 1. The number of nitrogens with one attached hydrogen (secondary N) is 1. The van der Waals surface area contributed by atoms with Crippen LogP contribution in [0.4, 0.5) is 33.7 Å². The van der Waals surface area contributed by atoms with Crippen LogP contribution in [0.5, 0.6) is 0 Å². The first kappa shape index (κ1) is 18.7. The Morgan fingerprint density at radius 1 is 1.17 bits per heavy atom. The first-order valence-electron chi connectivity index (χ1n) is 9.34. The predicted molar refractivity (Wildman–Crippen MR) is 101 cm³/mol. The Labute approximate surface area is 168 Å². The highest BCUT2D eigenvalue weighted by molar-refractivity contribution is 5.93. The molecule has 3 aromatic rings. The van der Waals surface area contributed by atoms with Crippen LogP contribution in [0.3, 0.4) is 0 Å². The number of rotatable bonds is 3. The maximum absolute atomic E-state index is 15.0. The average Bonchev–Trinajstić information content (AvgIpc) is 3.41. The minimum Gasteiger partial charge on any atom is -0.447 e. The summed E-state index contributed by atoms with van der Waals surface area (Å²) in [5.41, 5.74) is 1.49. The van der Waals surface area contributed by atoms with Gasteiger partial charge in [0.25, 0.3) is 5.92 Å². The van der Waals surface area contributed by atoms with Gasteiger partial charge in [0.15, 0.2) is 11.6 Å². The van der Waals surface area contributed by atoms with E-state index in [0.29, 0.717) is 16.7 Å². The van der Waals surface area contributed by atoms with Gasteiger partial charge in [0.1, 0.15) is 12.6 Å². The fraction of sp³-hybridized carbons (Fsp3) is 0.300. The van der Waals surface area contributed by atoms with E-state index in [0.717, 1.165) is 4.90 Å². The van der Waals surface area contributed by atoms with E-state index in [4.69, 9.17) is 4.74 Å². The molecule has 30 heavy (non-hydrogen) atoms. The fourth-order valence-electron chi connectivity index (χ4n) is 4.01. The van der Waals surface area contributed by atoms with Gasteiger partial charge in [-0.25, -0.2) is 27.3 Å². The van der Waals surface area contributed by atoms with E-state index >= 15 is 0 Å². The summed E-state index contributed by atoms with van der Waals surface area (Å²) in [7, 11) is 0. The molecule has 1 atom stereocenters. The summed E-state index contributed by atoms with van der Waals surface area (Å²) in [6.07, 6.45) is 0.399. The highest BCUT2D eigenvalue weighted by atomic mass is 19.3. The average molecular weight is 420 g/mol. The maximum atomic E-state index is 15.0. The number of hydrogen-bond acceptors (Lipinski definition) is 4. The number of aromatic nitrogens is 2. The minimum atomic E-state index is -2.94. The molecule has 3 heterocycles. The van der Waals surface area contributed by atoms with Gasteiger partial charge in [-0.2, -0.15) is 0 Å². The lowest BCUT2D eigenvalue weighted by Gasteiger charge is -2.24. The molecule has 1 amide bonds. The molecule has 6 nitrogen and oxygen atoms in total. The third kappa shape index (κ3) is 2.94. The van der Waals surface area contributed by atoms with Crippen molar-refractivity contribution in [2.24, 2.45) is 0 Å². The molecule has 0 aliphatic carbocycles. The summed E-state index contributed by atoms with van der Waals surface area (Å²) >= 11 is 0. The van der Waals surface area contributed by atoms with Gasteiger partial charge >= 0.3 is 6.09 Å². The van der Waals surface area contributed by atoms with Crippen LogP contribution in [0.25, 0.3) is 11.0 Å². The minimum absolute atomic E-state index is 0.0654. The summed E-state index contributed by atoms with van der Waals surface area (Å²) < 4.78 is 61.8. The Bertz CT molecular complexity index is 1150. The second-order valence-electron chi connectivity index (χ2n) is 7.40. The van der Waals surface area contributed by atoms with Gasteiger partial charge in [-0.3, -0.25) is 4.90 Å². The second-order valence-corrected chi connectivity index (χ2v) is 7.40. The standard InChI is InChI=1S/C20H16F4N4O2/c21-17-12(2-4-15(18(17)22)27-6-5-20(23,24)9-27)16-8-30-19(29)28(16)11-1-3-13-14(7-11)26-10-25-13/h1-4,7,10,16H,5-6,8-9H2,(H,25,26). The van der Waals surface area contributed by atoms with Crippen LogP contribution in [0.2, 0.25) is 0 Å². The molecule has 5 rings (SSSR count). The van der Waals surface area contributed by atoms with Gasteiger partial charge in [-0.05, 0) is 24.3 Å². The number of benzene rings is 2. The van der Waals surface area contributed by atoms with Crippen molar-refractivity contribution in [1.29, 1.82) is 0 Å².